The molecule has 0 atom stereocenters. The summed E-state index contributed by atoms with van der Waals surface area (Å²) < 4.78 is 11.6. The van der Waals surface area contributed by atoms with Crippen molar-refractivity contribution in [2.75, 3.05) is 0 Å². The molecule has 0 bridgehead atoms. The number of carbonyl (C=O) groups excluding carboxylic acids is 1. The molecule has 2 aromatic rings. The molecule has 128 valence electrons. The van der Waals surface area contributed by atoms with Crippen LogP contribution in [0.1, 0.15) is 43.0 Å². The fourth-order valence-corrected chi connectivity index (χ4v) is 2.33. The molecule has 0 heterocycles. The van der Waals surface area contributed by atoms with Crippen molar-refractivity contribution >= 4 is 5.97 Å². The lowest BCUT2D eigenvalue weighted by Crippen LogP contribution is -2.26. The van der Waals surface area contributed by atoms with Crippen molar-refractivity contribution in [2.45, 2.75) is 48.1 Å². The molecule has 0 aliphatic rings. The van der Waals surface area contributed by atoms with Gasteiger partial charge in [0.1, 0.15) is 18.1 Å². The summed E-state index contributed by atoms with van der Waals surface area (Å²) in [5, 5.41) is 0. The number of hydrogen-bond acceptors (Lipinski definition) is 3. The van der Waals surface area contributed by atoms with Crippen LogP contribution in [0.3, 0.4) is 0 Å². The molecule has 3 nitrogen and oxygen atoms in total. The van der Waals surface area contributed by atoms with Gasteiger partial charge < -0.3 is 9.47 Å². The average Bonchev–Trinajstić information content (AvgIpc) is 2.52. The summed E-state index contributed by atoms with van der Waals surface area (Å²) in [5.74, 6) is 1.23. The Labute approximate surface area is 144 Å². The number of benzene rings is 2. The number of carbonyl (C=O) groups is 1. The lowest BCUT2D eigenvalue weighted by molar-refractivity contribution is -0.143. The first-order valence-electron chi connectivity index (χ1n) is 8.20. The topological polar surface area (TPSA) is 35.5 Å². The highest BCUT2D eigenvalue weighted by molar-refractivity contribution is 5.78. The van der Waals surface area contributed by atoms with Crippen LogP contribution in [-0.2, 0) is 11.4 Å². The predicted molar refractivity (Wildman–Crippen MR) is 96.5 cm³/mol. The van der Waals surface area contributed by atoms with Crippen LogP contribution < -0.4 is 9.47 Å². The second kappa shape index (κ2) is 7.08. The van der Waals surface area contributed by atoms with Crippen molar-refractivity contribution in [3.63, 3.8) is 0 Å². The molecule has 2 rings (SSSR count). The zero-order chi connectivity index (χ0) is 17.9. The average molecular weight is 326 g/mol. The lowest BCUT2D eigenvalue weighted by atomic mass is 9.97. The van der Waals surface area contributed by atoms with Gasteiger partial charge in [-0.25, -0.2) is 0 Å². The third-order valence-corrected chi connectivity index (χ3v) is 4.02. The van der Waals surface area contributed by atoms with Gasteiger partial charge in [0.15, 0.2) is 0 Å². The maximum Gasteiger partial charge on any atom is 0.316 e. The van der Waals surface area contributed by atoms with E-state index in [1.165, 1.54) is 0 Å². The van der Waals surface area contributed by atoms with Gasteiger partial charge >= 0.3 is 5.97 Å². The monoisotopic (exact) mass is 326 g/mol. The third kappa shape index (κ3) is 4.16. The van der Waals surface area contributed by atoms with Crippen molar-refractivity contribution in [2.24, 2.45) is 5.41 Å². The van der Waals surface area contributed by atoms with Crippen LogP contribution in [0.25, 0.3) is 0 Å². The van der Waals surface area contributed by atoms with E-state index in [4.69, 9.17) is 9.47 Å². The number of esters is 1. The Morgan fingerprint density at radius 2 is 1.62 bits per heavy atom. The molecular formula is C21H26O3. The maximum absolute atomic E-state index is 12.2. The summed E-state index contributed by atoms with van der Waals surface area (Å²) in [6.45, 7) is 12.0. The minimum Gasteiger partial charge on any atom is -0.488 e. The van der Waals surface area contributed by atoms with Gasteiger partial charge in [-0.05, 0) is 69.9 Å². The second-order valence-corrected chi connectivity index (χ2v) is 7.18. The fourth-order valence-electron chi connectivity index (χ4n) is 2.33. The molecule has 0 saturated heterocycles. The third-order valence-electron chi connectivity index (χ3n) is 4.02. The standard InChI is InChI=1S/C21H26O3/c1-14-12-18(24-20(22)21(4,5)6)15(2)16(3)19(14)23-13-17-10-8-7-9-11-17/h7-12H,13H2,1-6H3. The van der Waals surface area contributed by atoms with Crippen LogP contribution in [0.4, 0.5) is 0 Å². The summed E-state index contributed by atoms with van der Waals surface area (Å²) in [6.07, 6.45) is 0. The van der Waals surface area contributed by atoms with E-state index in [0.717, 1.165) is 28.0 Å². The molecule has 0 aliphatic heterocycles. The van der Waals surface area contributed by atoms with Crippen molar-refractivity contribution in [3.05, 3.63) is 58.7 Å². The van der Waals surface area contributed by atoms with E-state index in [1.54, 1.807) is 0 Å². The molecule has 0 aromatic heterocycles. The molecule has 0 saturated carbocycles. The predicted octanol–water partition coefficient (Wildman–Crippen LogP) is 5.14. The summed E-state index contributed by atoms with van der Waals surface area (Å²) in [4.78, 5) is 12.2. The number of rotatable bonds is 4. The molecule has 2 aromatic carbocycles. The van der Waals surface area contributed by atoms with Crippen LogP contribution in [0.15, 0.2) is 36.4 Å². The maximum atomic E-state index is 12.2. The molecule has 0 aliphatic carbocycles. The highest BCUT2D eigenvalue weighted by Gasteiger charge is 2.25. The number of hydrogen-bond donors (Lipinski definition) is 0. The minimum atomic E-state index is -0.531. The lowest BCUT2D eigenvalue weighted by Gasteiger charge is -2.20. The summed E-state index contributed by atoms with van der Waals surface area (Å²) >= 11 is 0. The van der Waals surface area contributed by atoms with E-state index < -0.39 is 5.41 Å². The van der Waals surface area contributed by atoms with Crippen LogP contribution in [0.2, 0.25) is 0 Å². The molecule has 0 fully saturated rings. The minimum absolute atomic E-state index is 0.234. The molecule has 0 unspecified atom stereocenters. The summed E-state index contributed by atoms with van der Waals surface area (Å²) in [7, 11) is 0. The van der Waals surface area contributed by atoms with Gasteiger partial charge in [0.05, 0.1) is 5.41 Å². The van der Waals surface area contributed by atoms with Crippen molar-refractivity contribution < 1.29 is 14.3 Å². The highest BCUT2D eigenvalue weighted by atomic mass is 16.5. The Bertz CT molecular complexity index is 725. The molecule has 3 heteroatoms. The molecule has 0 N–H and O–H groups in total. The van der Waals surface area contributed by atoms with Gasteiger partial charge in [-0.3, -0.25) is 4.79 Å². The Morgan fingerprint density at radius 3 is 2.21 bits per heavy atom. The summed E-state index contributed by atoms with van der Waals surface area (Å²) in [5.41, 5.74) is 3.49. The summed E-state index contributed by atoms with van der Waals surface area (Å²) in [6, 6.07) is 11.9. The van der Waals surface area contributed by atoms with Gasteiger partial charge in [0, 0.05) is 0 Å². The zero-order valence-electron chi connectivity index (χ0n) is 15.4. The Kier molecular flexibility index (Phi) is 5.33. The van der Waals surface area contributed by atoms with Crippen molar-refractivity contribution in [3.8, 4) is 11.5 Å². The Balaban J connectivity index is 2.23. The smallest absolute Gasteiger partial charge is 0.316 e. The molecule has 0 spiro atoms. The van der Waals surface area contributed by atoms with Gasteiger partial charge in [-0.1, -0.05) is 30.3 Å². The van der Waals surface area contributed by atoms with Gasteiger partial charge in [0.25, 0.3) is 0 Å². The highest BCUT2D eigenvalue weighted by Crippen LogP contribution is 2.34. The SMILES string of the molecule is Cc1cc(OC(=O)C(C)(C)C)c(C)c(C)c1OCc1ccccc1. The van der Waals surface area contributed by atoms with Crippen LogP contribution in [-0.4, -0.2) is 5.97 Å². The Morgan fingerprint density at radius 1 is 1.00 bits per heavy atom. The van der Waals surface area contributed by atoms with E-state index in [0.29, 0.717) is 12.4 Å². The first kappa shape index (κ1) is 18.1. The van der Waals surface area contributed by atoms with Gasteiger partial charge in [0.2, 0.25) is 0 Å². The van der Waals surface area contributed by atoms with Crippen LogP contribution >= 0.6 is 0 Å². The fraction of sp³-hybridized carbons (Fsp3) is 0.381. The van der Waals surface area contributed by atoms with E-state index in [-0.39, 0.29) is 5.97 Å². The van der Waals surface area contributed by atoms with Crippen molar-refractivity contribution in [1.82, 2.24) is 0 Å². The number of aryl methyl sites for hydroxylation is 1. The van der Waals surface area contributed by atoms with Crippen LogP contribution in [0, 0.1) is 26.2 Å². The Hall–Kier alpha value is -2.29. The van der Waals surface area contributed by atoms with E-state index in [2.05, 4.69) is 0 Å². The normalized spacial score (nSPS) is 11.2. The largest absolute Gasteiger partial charge is 0.488 e. The molecule has 0 amide bonds. The van der Waals surface area contributed by atoms with Gasteiger partial charge in [-0.2, -0.15) is 0 Å². The van der Waals surface area contributed by atoms with E-state index in [1.807, 2.05) is 77.9 Å². The van der Waals surface area contributed by atoms with Crippen LogP contribution in [0.5, 0.6) is 11.5 Å². The zero-order valence-corrected chi connectivity index (χ0v) is 15.4. The first-order valence-corrected chi connectivity index (χ1v) is 8.20. The van der Waals surface area contributed by atoms with E-state index >= 15 is 0 Å². The molecule has 0 radical (unpaired) electrons. The molecule has 24 heavy (non-hydrogen) atoms. The quantitative estimate of drug-likeness (QED) is 0.576. The molecular weight excluding hydrogens is 300 g/mol. The van der Waals surface area contributed by atoms with Gasteiger partial charge in [-0.15, -0.1) is 0 Å². The second-order valence-electron chi connectivity index (χ2n) is 7.18. The van der Waals surface area contributed by atoms with Crippen molar-refractivity contribution in [1.29, 1.82) is 0 Å². The first-order chi connectivity index (χ1) is 11.2. The van der Waals surface area contributed by atoms with E-state index in [9.17, 15) is 4.79 Å². The number of ether oxygens (including phenoxy) is 2.